The molecule has 0 aromatic heterocycles. The molecule has 0 N–H and O–H groups in total. The molecule has 0 saturated carbocycles. The minimum atomic E-state index is 0.928. The Labute approximate surface area is 98.7 Å². The van der Waals surface area contributed by atoms with Gasteiger partial charge in [0.05, 0.1) is 0 Å². The fourth-order valence-corrected chi connectivity index (χ4v) is 1.48. The number of unbranched alkanes of at least 4 members (excludes halogenated alkanes) is 3. The van der Waals surface area contributed by atoms with E-state index < -0.39 is 0 Å². The van der Waals surface area contributed by atoms with Crippen LogP contribution >= 0.6 is 0 Å². The predicted molar refractivity (Wildman–Crippen MR) is 71.1 cm³/mol. The summed E-state index contributed by atoms with van der Waals surface area (Å²) in [5.41, 5.74) is 5.18. The SMILES string of the molecule is C#Cc1ccccc1C=C=CCCCCC. The van der Waals surface area contributed by atoms with Crippen LogP contribution < -0.4 is 0 Å². The lowest BCUT2D eigenvalue weighted by Crippen LogP contribution is -1.78. The zero-order chi connectivity index (χ0) is 11.6. The third-order valence-corrected chi connectivity index (χ3v) is 2.42. The van der Waals surface area contributed by atoms with Crippen molar-refractivity contribution in [2.45, 2.75) is 32.6 Å². The van der Waals surface area contributed by atoms with Gasteiger partial charge in [-0.15, -0.1) is 12.2 Å². The van der Waals surface area contributed by atoms with E-state index in [9.17, 15) is 0 Å². The molecule has 16 heavy (non-hydrogen) atoms. The molecule has 1 rings (SSSR count). The van der Waals surface area contributed by atoms with Crippen molar-refractivity contribution in [3.05, 3.63) is 47.2 Å². The first-order chi connectivity index (χ1) is 7.88. The van der Waals surface area contributed by atoms with Gasteiger partial charge in [0.1, 0.15) is 0 Å². The van der Waals surface area contributed by atoms with Crippen molar-refractivity contribution in [3.63, 3.8) is 0 Å². The van der Waals surface area contributed by atoms with Gasteiger partial charge in [0.15, 0.2) is 0 Å². The molecule has 1 aromatic rings. The summed E-state index contributed by atoms with van der Waals surface area (Å²) in [7, 11) is 0. The first kappa shape index (κ1) is 12.4. The van der Waals surface area contributed by atoms with Crippen molar-refractivity contribution in [2.75, 3.05) is 0 Å². The molecule has 0 unspecified atom stereocenters. The Kier molecular flexibility index (Phi) is 5.86. The summed E-state index contributed by atoms with van der Waals surface area (Å²) >= 11 is 0. The first-order valence-electron chi connectivity index (χ1n) is 5.85. The van der Waals surface area contributed by atoms with Crippen molar-refractivity contribution >= 4 is 6.08 Å². The highest BCUT2D eigenvalue weighted by Gasteiger charge is 1.91. The van der Waals surface area contributed by atoms with Gasteiger partial charge >= 0.3 is 0 Å². The minimum Gasteiger partial charge on any atom is -0.125 e. The molecular weight excluding hydrogens is 192 g/mol. The number of allylic oxidation sites excluding steroid dienone is 1. The van der Waals surface area contributed by atoms with Crippen LogP contribution in [0.4, 0.5) is 0 Å². The van der Waals surface area contributed by atoms with Gasteiger partial charge in [-0.3, -0.25) is 0 Å². The highest BCUT2D eigenvalue weighted by Crippen LogP contribution is 2.08. The molecule has 82 valence electrons. The van der Waals surface area contributed by atoms with E-state index in [-0.39, 0.29) is 0 Å². The van der Waals surface area contributed by atoms with Crippen LogP contribution in [0.3, 0.4) is 0 Å². The van der Waals surface area contributed by atoms with Crippen molar-refractivity contribution < 1.29 is 0 Å². The Hall–Kier alpha value is -1.70. The third-order valence-electron chi connectivity index (χ3n) is 2.42. The second-order valence-corrected chi connectivity index (χ2v) is 3.74. The fourth-order valence-electron chi connectivity index (χ4n) is 1.48. The summed E-state index contributed by atoms with van der Waals surface area (Å²) in [5.74, 6) is 2.67. The predicted octanol–water partition coefficient (Wildman–Crippen LogP) is 4.42. The fraction of sp³-hybridized carbons (Fsp3) is 0.312. The van der Waals surface area contributed by atoms with Gasteiger partial charge in [0.25, 0.3) is 0 Å². The summed E-state index contributed by atoms with van der Waals surface area (Å²) in [6.45, 7) is 2.21. The van der Waals surface area contributed by atoms with Crippen molar-refractivity contribution in [1.82, 2.24) is 0 Å². The van der Waals surface area contributed by atoms with Crippen LogP contribution in [0.25, 0.3) is 6.08 Å². The van der Waals surface area contributed by atoms with E-state index in [0.717, 1.165) is 17.5 Å². The van der Waals surface area contributed by atoms with Gasteiger partial charge in [-0.05, 0) is 36.6 Å². The Morgan fingerprint density at radius 3 is 2.81 bits per heavy atom. The largest absolute Gasteiger partial charge is 0.125 e. The van der Waals surface area contributed by atoms with Crippen LogP contribution in [0.1, 0.15) is 43.7 Å². The maximum Gasteiger partial charge on any atom is 0.0321 e. The van der Waals surface area contributed by atoms with E-state index in [0.29, 0.717) is 0 Å². The van der Waals surface area contributed by atoms with Crippen LogP contribution in [0, 0.1) is 12.3 Å². The monoisotopic (exact) mass is 210 g/mol. The lowest BCUT2D eigenvalue weighted by Gasteiger charge is -1.95. The molecule has 0 spiro atoms. The zero-order valence-electron chi connectivity index (χ0n) is 9.87. The average Bonchev–Trinajstić information content (AvgIpc) is 2.34. The normalized spacial score (nSPS) is 9.00. The molecule has 0 saturated heterocycles. The topological polar surface area (TPSA) is 0 Å². The van der Waals surface area contributed by atoms with Crippen LogP contribution in [0.2, 0.25) is 0 Å². The summed E-state index contributed by atoms with van der Waals surface area (Å²) in [6.07, 6.45) is 14.4. The first-order valence-corrected chi connectivity index (χ1v) is 5.85. The van der Waals surface area contributed by atoms with Crippen molar-refractivity contribution in [1.29, 1.82) is 0 Å². The summed E-state index contributed by atoms with van der Waals surface area (Å²) in [4.78, 5) is 0. The molecule has 0 radical (unpaired) electrons. The van der Waals surface area contributed by atoms with E-state index in [1.807, 2.05) is 30.3 Å². The molecule has 0 heterocycles. The molecule has 0 aliphatic carbocycles. The van der Waals surface area contributed by atoms with E-state index >= 15 is 0 Å². The molecule has 0 fully saturated rings. The van der Waals surface area contributed by atoms with E-state index in [4.69, 9.17) is 6.42 Å². The van der Waals surface area contributed by atoms with Gasteiger partial charge in [-0.1, -0.05) is 43.9 Å². The molecule has 0 nitrogen and oxygen atoms in total. The molecule has 0 heteroatoms. The summed E-state index contributed by atoms with van der Waals surface area (Å²) < 4.78 is 0. The lowest BCUT2D eigenvalue weighted by atomic mass is 10.1. The molecule has 0 aliphatic rings. The summed E-state index contributed by atoms with van der Waals surface area (Å²) in [6, 6.07) is 7.91. The number of rotatable bonds is 5. The van der Waals surface area contributed by atoms with E-state index in [1.54, 1.807) is 0 Å². The number of terminal acetylenes is 1. The second kappa shape index (κ2) is 7.57. The highest BCUT2D eigenvalue weighted by molar-refractivity contribution is 5.58. The third kappa shape index (κ3) is 4.22. The lowest BCUT2D eigenvalue weighted by molar-refractivity contribution is 0.729. The maximum absolute atomic E-state index is 5.41. The number of hydrogen-bond donors (Lipinski definition) is 0. The van der Waals surface area contributed by atoms with E-state index in [1.165, 1.54) is 19.3 Å². The Morgan fingerprint density at radius 1 is 1.25 bits per heavy atom. The molecule has 0 amide bonds. The number of benzene rings is 1. The van der Waals surface area contributed by atoms with Crippen LogP contribution in [-0.2, 0) is 0 Å². The van der Waals surface area contributed by atoms with Gasteiger partial charge in [-0.25, -0.2) is 0 Å². The molecule has 0 atom stereocenters. The quantitative estimate of drug-likeness (QED) is 0.383. The Bertz CT molecular complexity index is 412. The van der Waals surface area contributed by atoms with Crippen LogP contribution in [-0.4, -0.2) is 0 Å². The van der Waals surface area contributed by atoms with Gasteiger partial charge in [-0.2, -0.15) is 0 Å². The van der Waals surface area contributed by atoms with Gasteiger partial charge < -0.3 is 0 Å². The standard InChI is InChI=1S/C16H18/c1-3-5-6-7-8-9-13-16-14-11-10-12-15(16)4-2/h2,8,10-14H,3,5-7H2,1H3. The maximum atomic E-state index is 5.41. The summed E-state index contributed by atoms with van der Waals surface area (Å²) in [5, 5.41) is 0. The minimum absolute atomic E-state index is 0.928. The zero-order valence-corrected chi connectivity index (χ0v) is 9.87. The van der Waals surface area contributed by atoms with Crippen LogP contribution in [0.5, 0.6) is 0 Å². The molecular formula is C16H18. The average molecular weight is 210 g/mol. The smallest absolute Gasteiger partial charge is 0.0321 e. The molecule has 0 bridgehead atoms. The van der Waals surface area contributed by atoms with E-state index in [2.05, 4.69) is 24.7 Å². The van der Waals surface area contributed by atoms with Crippen molar-refractivity contribution in [3.8, 4) is 12.3 Å². The Balaban J connectivity index is 2.59. The second-order valence-electron chi connectivity index (χ2n) is 3.74. The molecule has 1 aromatic carbocycles. The van der Waals surface area contributed by atoms with Crippen molar-refractivity contribution in [2.24, 2.45) is 0 Å². The van der Waals surface area contributed by atoms with Gasteiger partial charge in [0.2, 0.25) is 0 Å². The Morgan fingerprint density at radius 2 is 2.06 bits per heavy atom. The van der Waals surface area contributed by atoms with Crippen LogP contribution in [0.15, 0.2) is 36.1 Å². The van der Waals surface area contributed by atoms with Gasteiger partial charge in [0, 0.05) is 5.56 Å². The number of hydrogen-bond acceptors (Lipinski definition) is 0. The molecule has 0 aliphatic heterocycles. The highest BCUT2D eigenvalue weighted by atomic mass is 13.9.